The third-order valence-corrected chi connectivity index (χ3v) is 5.41. The molecule has 3 heterocycles. The summed E-state index contributed by atoms with van der Waals surface area (Å²) >= 11 is 0. The van der Waals surface area contributed by atoms with Crippen LogP contribution in [0.4, 0.5) is 5.69 Å². The van der Waals surface area contributed by atoms with Crippen LogP contribution in [0.25, 0.3) is 0 Å². The molecule has 1 aromatic carbocycles. The number of rotatable bonds is 3. The van der Waals surface area contributed by atoms with Crippen LogP contribution in [-0.2, 0) is 9.53 Å². The first-order chi connectivity index (χ1) is 13.2. The second kappa shape index (κ2) is 8.27. The Balaban J connectivity index is 1.43. The third kappa shape index (κ3) is 4.42. The molecule has 2 saturated heterocycles. The summed E-state index contributed by atoms with van der Waals surface area (Å²) in [5.41, 5.74) is 1.20. The minimum atomic E-state index is -0.174. The highest BCUT2D eigenvalue weighted by Crippen LogP contribution is 2.29. The molecule has 3 aliphatic heterocycles. The zero-order valence-electron chi connectivity index (χ0n) is 15.6. The van der Waals surface area contributed by atoms with Crippen LogP contribution in [0.3, 0.4) is 0 Å². The fraction of sp³-hybridized carbons (Fsp3) is 0.600. The van der Waals surface area contributed by atoms with E-state index in [1.165, 1.54) is 19.3 Å². The van der Waals surface area contributed by atoms with Crippen molar-refractivity contribution in [1.29, 1.82) is 0 Å². The van der Waals surface area contributed by atoms with Crippen molar-refractivity contribution in [3.8, 4) is 5.75 Å². The van der Waals surface area contributed by atoms with E-state index >= 15 is 0 Å². The fourth-order valence-electron chi connectivity index (χ4n) is 4.01. The first-order valence-corrected chi connectivity index (χ1v) is 9.89. The number of nitrogens with one attached hydrogen (secondary N) is 1. The van der Waals surface area contributed by atoms with Crippen molar-refractivity contribution >= 4 is 17.5 Å². The molecule has 0 aromatic heterocycles. The van der Waals surface area contributed by atoms with E-state index in [1.807, 2.05) is 4.90 Å². The summed E-state index contributed by atoms with van der Waals surface area (Å²) in [6.45, 7) is 5.14. The fourth-order valence-corrected chi connectivity index (χ4v) is 4.01. The number of anilines is 1. The van der Waals surface area contributed by atoms with Crippen molar-refractivity contribution in [2.45, 2.75) is 31.8 Å². The second-order valence-corrected chi connectivity index (χ2v) is 7.51. The number of hydrogen-bond donors (Lipinski definition) is 1. The molecule has 146 valence electrons. The summed E-state index contributed by atoms with van der Waals surface area (Å²) in [5, 5.41) is 2.75. The average Bonchev–Trinajstić information content (AvgIpc) is 2.93. The molecule has 0 bridgehead atoms. The minimum absolute atomic E-state index is 0.00700. The lowest BCUT2D eigenvalue weighted by Gasteiger charge is -2.31. The Morgan fingerprint density at radius 3 is 2.85 bits per heavy atom. The number of fused-ring (bicyclic) bond motifs is 1. The summed E-state index contributed by atoms with van der Waals surface area (Å²) in [5.74, 6) is 0.371. The molecular formula is C20H27N3O4. The molecule has 4 rings (SSSR count). The summed E-state index contributed by atoms with van der Waals surface area (Å²) in [4.78, 5) is 28.8. The first kappa shape index (κ1) is 18.3. The van der Waals surface area contributed by atoms with Crippen LogP contribution in [0.15, 0.2) is 18.2 Å². The molecule has 1 N–H and O–H groups in total. The Bertz CT molecular complexity index is 702. The first-order valence-electron chi connectivity index (χ1n) is 9.89. The zero-order chi connectivity index (χ0) is 18.6. The minimum Gasteiger partial charge on any atom is -0.482 e. The number of piperidine rings is 1. The van der Waals surface area contributed by atoms with Gasteiger partial charge in [-0.3, -0.25) is 9.59 Å². The smallest absolute Gasteiger partial charge is 0.262 e. The summed E-state index contributed by atoms with van der Waals surface area (Å²) in [6.07, 6.45) is 4.72. The molecule has 3 aliphatic rings. The van der Waals surface area contributed by atoms with Gasteiger partial charge in [0.05, 0.1) is 11.8 Å². The number of likely N-dealkylation sites (tertiary alicyclic amines) is 1. The monoisotopic (exact) mass is 373 g/mol. The van der Waals surface area contributed by atoms with E-state index in [1.54, 1.807) is 18.2 Å². The molecule has 0 unspecified atom stereocenters. The number of carbonyl (C=O) groups excluding carboxylic acids is 2. The van der Waals surface area contributed by atoms with E-state index in [9.17, 15) is 9.59 Å². The maximum absolute atomic E-state index is 13.1. The highest BCUT2D eigenvalue weighted by Gasteiger charge is 2.26. The van der Waals surface area contributed by atoms with Gasteiger partial charge in [-0.2, -0.15) is 0 Å². The van der Waals surface area contributed by atoms with Crippen molar-refractivity contribution in [1.82, 2.24) is 9.80 Å². The molecule has 1 atom stereocenters. The quantitative estimate of drug-likeness (QED) is 0.874. The molecular weight excluding hydrogens is 346 g/mol. The van der Waals surface area contributed by atoms with E-state index in [0.717, 1.165) is 26.1 Å². The van der Waals surface area contributed by atoms with E-state index in [2.05, 4.69) is 10.2 Å². The summed E-state index contributed by atoms with van der Waals surface area (Å²) in [6, 6.07) is 5.21. The molecule has 2 fully saturated rings. The summed E-state index contributed by atoms with van der Waals surface area (Å²) < 4.78 is 11.5. The maximum Gasteiger partial charge on any atom is 0.262 e. The topological polar surface area (TPSA) is 71.1 Å². The van der Waals surface area contributed by atoms with Crippen molar-refractivity contribution < 1.29 is 19.1 Å². The normalized spacial score (nSPS) is 23.8. The number of ether oxygens (including phenoxy) is 2. The van der Waals surface area contributed by atoms with Gasteiger partial charge in [-0.25, -0.2) is 0 Å². The molecule has 0 saturated carbocycles. The molecule has 0 radical (unpaired) electrons. The Morgan fingerprint density at radius 1 is 1.15 bits per heavy atom. The van der Waals surface area contributed by atoms with Crippen molar-refractivity contribution in [2.24, 2.45) is 0 Å². The lowest BCUT2D eigenvalue weighted by Crippen LogP contribution is -2.43. The van der Waals surface area contributed by atoms with E-state index in [-0.39, 0.29) is 24.5 Å². The van der Waals surface area contributed by atoms with Crippen LogP contribution in [0.2, 0.25) is 0 Å². The van der Waals surface area contributed by atoms with E-state index in [4.69, 9.17) is 9.47 Å². The SMILES string of the molecule is O=C1COc2cc(C(=O)N3CCCO[C@@H](CN4CCCCC4)C3)ccc2N1. The van der Waals surface area contributed by atoms with Gasteiger partial charge in [0, 0.05) is 31.8 Å². The Labute approximate surface area is 159 Å². The number of benzene rings is 1. The van der Waals surface area contributed by atoms with Gasteiger partial charge < -0.3 is 24.6 Å². The van der Waals surface area contributed by atoms with E-state index in [0.29, 0.717) is 36.7 Å². The molecule has 0 spiro atoms. The van der Waals surface area contributed by atoms with Crippen LogP contribution in [0.1, 0.15) is 36.0 Å². The third-order valence-electron chi connectivity index (χ3n) is 5.41. The van der Waals surface area contributed by atoms with Crippen LogP contribution >= 0.6 is 0 Å². The van der Waals surface area contributed by atoms with Crippen molar-refractivity contribution in [2.75, 3.05) is 51.3 Å². The zero-order valence-corrected chi connectivity index (χ0v) is 15.6. The number of hydrogen-bond acceptors (Lipinski definition) is 5. The van der Waals surface area contributed by atoms with Gasteiger partial charge in [-0.1, -0.05) is 6.42 Å². The molecule has 27 heavy (non-hydrogen) atoms. The van der Waals surface area contributed by atoms with Crippen molar-refractivity contribution in [3.63, 3.8) is 0 Å². The molecule has 0 aliphatic carbocycles. The average molecular weight is 373 g/mol. The second-order valence-electron chi connectivity index (χ2n) is 7.51. The Hall–Kier alpha value is -2.12. The van der Waals surface area contributed by atoms with Gasteiger partial charge in [0.15, 0.2) is 6.61 Å². The van der Waals surface area contributed by atoms with E-state index < -0.39 is 0 Å². The summed E-state index contributed by atoms with van der Waals surface area (Å²) in [7, 11) is 0. The standard InChI is InChI=1S/C20H27N3O4/c24-19-14-27-18-11-15(5-6-17(18)21-19)20(25)23-9-4-10-26-16(13-23)12-22-7-2-1-3-8-22/h5-6,11,16H,1-4,7-10,12-14H2,(H,21,24)/t16-/m0/s1. The van der Waals surface area contributed by atoms with Gasteiger partial charge in [-0.15, -0.1) is 0 Å². The number of carbonyl (C=O) groups is 2. The van der Waals surface area contributed by atoms with Crippen LogP contribution in [-0.4, -0.2) is 73.7 Å². The van der Waals surface area contributed by atoms with Crippen LogP contribution in [0.5, 0.6) is 5.75 Å². The lowest BCUT2D eigenvalue weighted by molar-refractivity contribution is -0.118. The molecule has 2 amide bonds. The van der Waals surface area contributed by atoms with Crippen LogP contribution < -0.4 is 10.1 Å². The largest absolute Gasteiger partial charge is 0.482 e. The van der Waals surface area contributed by atoms with Crippen LogP contribution in [0, 0.1) is 0 Å². The van der Waals surface area contributed by atoms with Gasteiger partial charge in [0.1, 0.15) is 5.75 Å². The molecule has 7 heteroatoms. The Morgan fingerprint density at radius 2 is 2.00 bits per heavy atom. The predicted octanol–water partition coefficient (Wildman–Crippen LogP) is 1.73. The highest BCUT2D eigenvalue weighted by atomic mass is 16.5. The van der Waals surface area contributed by atoms with Crippen molar-refractivity contribution in [3.05, 3.63) is 23.8 Å². The number of nitrogens with zero attached hydrogens (tertiary/aromatic N) is 2. The van der Waals surface area contributed by atoms with Gasteiger partial charge in [-0.05, 0) is 50.6 Å². The van der Waals surface area contributed by atoms with Gasteiger partial charge in [0.2, 0.25) is 0 Å². The Kier molecular flexibility index (Phi) is 5.59. The molecule has 1 aromatic rings. The maximum atomic E-state index is 13.1. The highest BCUT2D eigenvalue weighted by molar-refractivity contribution is 5.99. The van der Waals surface area contributed by atoms with Gasteiger partial charge in [0.25, 0.3) is 11.8 Å². The van der Waals surface area contributed by atoms with Gasteiger partial charge >= 0.3 is 0 Å². The number of amides is 2. The molecule has 7 nitrogen and oxygen atoms in total. The predicted molar refractivity (Wildman–Crippen MR) is 101 cm³/mol. The lowest BCUT2D eigenvalue weighted by atomic mass is 10.1.